The van der Waals surface area contributed by atoms with Crippen LogP contribution >= 0.6 is 11.3 Å². The molecule has 41 heavy (non-hydrogen) atoms. The van der Waals surface area contributed by atoms with E-state index >= 15 is 0 Å². The van der Waals surface area contributed by atoms with Crippen molar-refractivity contribution in [3.05, 3.63) is 78.3 Å². The van der Waals surface area contributed by atoms with Crippen molar-refractivity contribution in [2.75, 3.05) is 36.0 Å². The van der Waals surface area contributed by atoms with Crippen molar-refractivity contribution in [2.24, 2.45) is 0 Å². The molecule has 4 heterocycles. The Morgan fingerprint density at radius 3 is 2.68 bits per heavy atom. The number of nitrogens with two attached hydrogens (primary N) is 1. The Bertz CT molecular complexity index is 1680. The van der Waals surface area contributed by atoms with Gasteiger partial charge in [0.25, 0.3) is 0 Å². The molecule has 0 saturated carbocycles. The number of fused-ring (bicyclic) bond motifs is 1. The molecule has 1 aliphatic rings. The molecule has 2 amide bonds. The van der Waals surface area contributed by atoms with Crippen LogP contribution in [0.5, 0.6) is 0 Å². The first kappa shape index (κ1) is 26.9. The van der Waals surface area contributed by atoms with E-state index in [0.717, 1.165) is 71.4 Å². The average Bonchev–Trinajstić information content (AvgIpc) is 3.70. The number of hydrogen-bond acceptors (Lipinski definition) is 7. The fourth-order valence-corrected chi connectivity index (χ4v) is 6.29. The summed E-state index contributed by atoms with van der Waals surface area (Å²) in [5, 5.41) is 22.6. The van der Waals surface area contributed by atoms with E-state index in [1.165, 1.54) is 18.2 Å². The predicted octanol–water partition coefficient (Wildman–Crippen LogP) is 5.65. The van der Waals surface area contributed by atoms with E-state index in [1.54, 1.807) is 23.6 Å². The number of amides is 2. The number of rotatable bonds is 8. The van der Waals surface area contributed by atoms with E-state index < -0.39 is 11.8 Å². The van der Waals surface area contributed by atoms with Gasteiger partial charge in [-0.15, -0.1) is 11.3 Å². The second-order valence-corrected chi connectivity index (χ2v) is 11.0. The van der Waals surface area contributed by atoms with Gasteiger partial charge < -0.3 is 26.4 Å². The van der Waals surface area contributed by atoms with Gasteiger partial charge in [0.1, 0.15) is 11.6 Å². The minimum Gasteiger partial charge on any atom is -0.392 e. The molecule has 1 saturated heterocycles. The lowest BCUT2D eigenvalue weighted by atomic mass is 10.0. The Kier molecular flexibility index (Phi) is 7.64. The molecule has 2 aromatic carbocycles. The molecule has 0 aliphatic carbocycles. The average molecular weight is 572 g/mol. The van der Waals surface area contributed by atoms with Crippen LogP contribution in [0.15, 0.2) is 72.5 Å². The predicted molar refractivity (Wildman–Crippen MR) is 161 cm³/mol. The zero-order valence-corrected chi connectivity index (χ0v) is 23.1. The van der Waals surface area contributed by atoms with Gasteiger partial charge in [-0.05, 0) is 54.1 Å². The van der Waals surface area contributed by atoms with Gasteiger partial charge in [-0.2, -0.15) is 5.10 Å². The number of urea groups is 1. The third-order valence-electron chi connectivity index (χ3n) is 7.21. The van der Waals surface area contributed by atoms with E-state index in [0.29, 0.717) is 17.2 Å². The van der Waals surface area contributed by atoms with Crippen LogP contribution in [0.2, 0.25) is 0 Å². The SMILES string of the molecule is Nc1ncc(-c2cnn(CCCN3CC[C@@H](O)C3)c2)c2scc(-c3ccc(NC(=O)Nc4cccc(F)c4)cc3)c12. The van der Waals surface area contributed by atoms with Crippen LogP contribution in [-0.2, 0) is 6.54 Å². The minimum atomic E-state index is -0.460. The number of aliphatic hydroxyl groups excluding tert-OH is 1. The van der Waals surface area contributed by atoms with Crippen molar-refractivity contribution in [1.29, 1.82) is 0 Å². The number of β-amino-alcohol motifs (C(OH)–C–C–N with tert-alkyl or cyclic N) is 1. The standard InChI is InChI=1S/C30H30FN7O2S/c31-21-3-1-4-23(13-21)36-30(40)35-22-7-5-19(6-8-22)26-18-41-28-25(15-33-29(32)27(26)28)20-14-34-38(16-20)11-2-10-37-12-9-24(39)17-37/h1,3-8,13-16,18,24,39H,2,9-12,17H2,(H2,32,33)(H2,35,36,40)/t24-/m1/s1. The van der Waals surface area contributed by atoms with Crippen LogP contribution in [0.3, 0.4) is 0 Å². The number of benzene rings is 2. The maximum Gasteiger partial charge on any atom is 0.323 e. The van der Waals surface area contributed by atoms with E-state index in [2.05, 4.69) is 31.0 Å². The van der Waals surface area contributed by atoms with E-state index in [1.807, 2.05) is 41.3 Å². The summed E-state index contributed by atoms with van der Waals surface area (Å²) < 4.78 is 16.4. The van der Waals surface area contributed by atoms with Gasteiger partial charge in [0.2, 0.25) is 0 Å². The maximum atomic E-state index is 13.4. The Hall–Kier alpha value is -4.32. The molecule has 0 unspecified atom stereocenters. The van der Waals surface area contributed by atoms with Gasteiger partial charge in [0.15, 0.2) is 0 Å². The molecule has 3 aromatic heterocycles. The summed E-state index contributed by atoms with van der Waals surface area (Å²) >= 11 is 1.61. The zero-order chi connectivity index (χ0) is 28.3. The van der Waals surface area contributed by atoms with E-state index in [9.17, 15) is 14.3 Å². The second kappa shape index (κ2) is 11.7. The molecular weight excluding hydrogens is 541 g/mol. The van der Waals surface area contributed by atoms with Crippen LogP contribution in [0, 0.1) is 5.82 Å². The number of pyridine rings is 1. The molecular formula is C30H30FN7O2S. The zero-order valence-electron chi connectivity index (χ0n) is 22.3. The number of thiophene rings is 1. The molecule has 11 heteroatoms. The van der Waals surface area contributed by atoms with E-state index in [4.69, 9.17) is 5.73 Å². The Morgan fingerprint density at radius 2 is 1.90 bits per heavy atom. The summed E-state index contributed by atoms with van der Waals surface area (Å²) in [5.74, 6) is 0.0351. The van der Waals surface area contributed by atoms with Crippen molar-refractivity contribution in [3.63, 3.8) is 0 Å². The Morgan fingerprint density at radius 1 is 1.07 bits per heavy atom. The fraction of sp³-hybridized carbons (Fsp3) is 0.233. The highest BCUT2D eigenvalue weighted by Gasteiger charge is 2.20. The number of carbonyl (C=O) groups is 1. The van der Waals surface area contributed by atoms with Crippen molar-refractivity contribution in [1.82, 2.24) is 19.7 Å². The largest absolute Gasteiger partial charge is 0.392 e. The van der Waals surface area contributed by atoms with Gasteiger partial charge in [0, 0.05) is 76.7 Å². The molecule has 6 rings (SSSR count). The Labute approximate surface area is 240 Å². The lowest BCUT2D eigenvalue weighted by molar-refractivity contribution is 0.175. The molecule has 0 bridgehead atoms. The number of hydrogen-bond donors (Lipinski definition) is 4. The number of aliphatic hydroxyl groups is 1. The van der Waals surface area contributed by atoms with Crippen LogP contribution in [0.1, 0.15) is 12.8 Å². The molecule has 0 radical (unpaired) electrons. The van der Waals surface area contributed by atoms with Crippen molar-refractivity contribution in [2.45, 2.75) is 25.5 Å². The summed E-state index contributed by atoms with van der Waals surface area (Å²) in [7, 11) is 0. The number of nitrogens with one attached hydrogen (secondary N) is 2. The summed E-state index contributed by atoms with van der Waals surface area (Å²) in [6.07, 6.45) is 7.32. The van der Waals surface area contributed by atoms with E-state index in [-0.39, 0.29) is 6.10 Å². The normalized spacial score (nSPS) is 15.4. The van der Waals surface area contributed by atoms with Crippen LogP contribution in [0.25, 0.3) is 32.3 Å². The molecule has 5 N–H and O–H groups in total. The number of carbonyl (C=O) groups excluding carboxylic acids is 1. The molecule has 210 valence electrons. The lowest BCUT2D eigenvalue weighted by Gasteiger charge is -2.14. The van der Waals surface area contributed by atoms with Crippen LogP contribution in [0.4, 0.5) is 26.4 Å². The number of nitrogen functional groups attached to an aromatic ring is 1. The molecule has 9 nitrogen and oxygen atoms in total. The Balaban J connectivity index is 1.15. The second-order valence-electron chi connectivity index (χ2n) is 10.2. The highest BCUT2D eigenvalue weighted by Crippen LogP contribution is 2.41. The number of aromatic nitrogens is 3. The van der Waals surface area contributed by atoms with Gasteiger partial charge in [-0.3, -0.25) is 4.68 Å². The highest BCUT2D eigenvalue weighted by atomic mass is 32.1. The molecule has 0 spiro atoms. The molecule has 1 fully saturated rings. The number of likely N-dealkylation sites (tertiary alicyclic amines) is 1. The van der Waals surface area contributed by atoms with Crippen molar-refractivity contribution < 1.29 is 14.3 Å². The number of aryl methyl sites for hydroxylation is 1. The van der Waals surface area contributed by atoms with Gasteiger partial charge in [-0.25, -0.2) is 14.2 Å². The molecule has 5 aromatic rings. The lowest BCUT2D eigenvalue weighted by Crippen LogP contribution is -2.24. The first-order valence-electron chi connectivity index (χ1n) is 13.5. The summed E-state index contributed by atoms with van der Waals surface area (Å²) in [6.45, 7) is 3.45. The third kappa shape index (κ3) is 6.07. The minimum absolute atomic E-state index is 0.198. The van der Waals surface area contributed by atoms with Crippen molar-refractivity contribution >= 4 is 44.6 Å². The summed E-state index contributed by atoms with van der Waals surface area (Å²) in [6, 6.07) is 12.7. The van der Waals surface area contributed by atoms with Crippen LogP contribution < -0.4 is 16.4 Å². The first-order chi connectivity index (χ1) is 19.9. The highest BCUT2D eigenvalue weighted by molar-refractivity contribution is 7.18. The third-order valence-corrected chi connectivity index (χ3v) is 8.23. The van der Waals surface area contributed by atoms with Crippen molar-refractivity contribution in [3.8, 4) is 22.3 Å². The number of nitrogens with zero attached hydrogens (tertiary/aromatic N) is 4. The smallest absolute Gasteiger partial charge is 0.323 e. The first-order valence-corrected chi connectivity index (χ1v) is 14.3. The van der Waals surface area contributed by atoms with Gasteiger partial charge in [-0.1, -0.05) is 18.2 Å². The summed E-state index contributed by atoms with van der Waals surface area (Å²) in [4.78, 5) is 19.1. The van der Waals surface area contributed by atoms with Gasteiger partial charge >= 0.3 is 6.03 Å². The monoisotopic (exact) mass is 571 g/mol. The number of anilines is 3. The number of halogens is 1. The fourth-order valence-electron chi connectivity index (χ4n) is 5.18. The quantitative estimate of drug-likeness (QED) is 0.191. The topological polar surface area (TPSA) is 121 Å². The molecule has 1 aliphatic heterocycles. The molecule has 1 atom stereocenters. The maximum absolute atomic E-state index is 13.4. The van der Waals surface area contributed by atoms with Crippen LogP contribution in [-0.4, -0.2) is 56.5 Å². The summed E-state index contributed by atoms with van der Waals surface area (Å²) in [5.41, 5.74) is 11.2. The van der Waals surface area contributed by atoms with Gasteiger partial charge in [0.05, 0.1) is 12.3 Å².